The molecule has 0 unspecified atom stereocenters. The molecule has 0 radical (unpaired) electrons. The summed E-state index contributed by atoms with van der Waals surface area (Å²) in [6.45, 7) is 7.65. The Bertz CT molecular complexity index is 1880. The highest BCUT2D eigenvalue weighted by Gasteiger charge is 2.24. The molecule has 3 heterocycles. The summed E-state index contributed by atoms with van der Waals surface area (Å²) in [6.07, 6.45) is 5.90. The molecule has 0 bridgehead atoms. The number of hydrogen-bond donors (Lipinski definition) is 0. The molecule has 0 saturated carbocycles. The van der Waals surface area contributed by atoms with E-state index < -0.39 is 0 Å². The number of anilines is 2. The van der Waals surface area contributed by atoms with Gasteiger partial charge in [-0.2, -0.15) is 0 Å². The first-order valence-corrected chi connectivity index (χ1v) is 14.6. The minimum absolute atomic E-state index is 0.0489. The van der Waals surface area contributed by atoms with Crippen LogP contribution < -0.4 is 9.64 Å². The van der Waals surface area contributed by atoms with Gasteiger partial charge in [-0.3, -0.25) is 4.57 Å². The van der Waals surface area contributed by atoms with E-state index in [1.807, 2.05) is 42.9 Å². The summed E-state index contributed by atoms with van der Waals surface area (Å²) in [6, 6.07) is 35.8. The van der Waals surface area contributed by atoms with Gasteiger partial charge in [0, 0.05) is 36.1 Å². The van der Waals surface area contributed by atoms with Gasteiger partial charge in [0.15, 0.2) is 0 Å². The van der Waals surface area contributed by atoms with Crippen molar-refractivity contribution in [3.8, 4) is 28.3 Å². The molecule has 5 heteroatoms. The third kappa shape index (κ3) is 4.92. The van der Waals surface area contributed by atoms with Gasteiger partial charge in [0.1, 0.15) is 23.6 Å². The quantitative estimate of drug-likeness (QED) is 0.215. The number of benzene rings is 4. The summed E-state index contributed by atoms with van der Waals surface area (Å²) < 4.78 is 8.86. The number of rotatable bonds is 5. The average molecular weight is 551 g/mol. The molecule has 0 aliphatic carbocycles. The van der Waals surface area contributed by atoms with E-state index in [-0.39, 0.29) is 5.41 Å². The lowest BCUT2D eigenvalue weighted by Gasteiger charge is -2.32. The zero-order valence-corrected chi connectivity index (χ0v) is 24.3. The smallest absolute Gasteiger partial charge is 0.137 e. The van der Waals surface area contributed by atoms with Crippen molar-refractivity contribution in [1.29, 1.82) is 0 Å². The van der Waals surface area contributed by atoms with Gasteiger partial charge in [0.25, 0.3) is 0 Å². The van der Waals surface area contributed by atoms with Gasteiger partial charge in [0.05, 0.1) is 16.7 Å². The van der Waals surface area contributed by atoms with E-state index in [1.54, 1.807) is 0 Å². The van der Waals surface area contributed by atoms with Crippen molar-refractivity contribution in [2.45, 2.75) is 39.0 Å². The monoisotopic (exact) mass is 550 g/mol. The number of pyridine rings is 1. The van der Waals surface area contributed by atoms with E-state index in [2.05, 4.69) is 108 Å². The Hall–Kier alpha value is -4.90. The molecular weight excluding hydrogens is 516 g/mol. The summed E-state index contributed by atoms with van der Waals surface area (Å²) in [5, 5.41) is 0. The molecule has 208 valence electrons. The minimum atomic E-state index is 0.0489. The SMILES string of the molecule is CC(C)(C)c1ccnc(N2CCCc3cc(-c4ccccc4)c(Oc4cccc(-n5cnc6ccccc65)c4)cc32)c1. The zero-order chi connectivity index (χ0) is 28.7. The molecule has 4 aromatic carbocycles. The summed E-state index contributed by atoms with van der Waals surface area (Å²) >= 11 is 0. The molecular formula is C37H34N4O. The van der Waals surface area contributed by atoms with Gasteiger partial charge in [0.2, 0.25) is 0 Å². The summed E-state index contributed by atoms with van der Waals surface area (Å²) in [4.78, 5) is 11.7. The van der Waals surface area contributed by atoms with Crippen molar-refractivity contribution in [3.63, 3.8) is 0 Å². The highest BCUT2D eigenvalue weighted by Crippen LogP contribution is 2.43. The van der Waals surface area contributed by atoms with Gasteiger partial charge < -0.3 is 9.64 Å². The Morgan fingerprint density at radius 2 is 1.62 bits per heavy atom. The summed E-state index contributed by atoms with van der Waals surface area (Å²) in [5.74, 6) is 2.58. The highest BCUT2D eigenvalue weighted by molar-refractivity contribution is 5.80. The first-order valence-electron chi connectivity index (χ1n) is 14.6. The number of fused-ring (bicyclic) bond motifs is 2. The van der Waals surface area contributed by atoms with Crippen molar-refractivity contribution in [3.05, 3.63) is 127 Å². The largest absolute Gasteiger partial charge is 0.457 e. The molecule has 0 amide bonds. The lowest BCUT2D eigenvalue weighted by atomic mass is 9.87. The first-order chi connectivity index (χ1) is 20.4. The van der Waals surface area contributed by atoms with Crippen LogP contribution in [0.2, 0.25) is 0 Å². The van der Waals surface area contributed by atoms with E-state index in [4.69, 9.17) is 9.72 Å². The van der Waals surface area contributed by atoms with E-state index >= 15 is 0 Å². The predicted molar refractivity (Wildman–Crippen MR) is 171 cm³/mol. The van der Waals surface area contributed by atoms with Crippen molar-refractivity contribution >= 4 is 22.5 Å². The Balaban J connectivity index is 1.32. The van der Waals surface area contributed by atoms with Crippen molar-refractivity contribution < 1.29 is 4.74 Å². The highest BCUT2D eigenvalue weighted by atomic mass is 16.5. The third-order valence-corrected chi connectivity index (χ3v) is 8.05. The van der Waals surface area contributed by atoms with Gasteiger partial charge in [-0.05, 0) is 77.4 Å². The Kier molecular flexibility index (Phi) is 6.50. The zero-order valence-electron chi connectivity index (χ0n) is 24.3. The van der Waals surface area contributed by atoms with Crippen LogP contribution in [0.15, 0.2) is 116 Å². The van der Waals surface area contributed by atoms with Crippen LogP contribution in [0.5, 0.6) is 11.5 Å². The molecule has 0 fully saturated rings. The second-order valence-corrected chi connectivity index (χ2v) is 12.0. The van der Waals surface area contributed by atoms with Crippen LogP contribution in [0.25, 0.3) is 27.8 Å². The number of nitrogens with zero attached hydrogens (tertiary/aromatic N) is 4. The van der Waals surface area contributed by atoms with E-state index in [9.17, 15) is 0 Å². The number of aromatic nitrogens is 3. The topological polar surface area (TPSA) is 43.2 Å². The molecule has 6 aromatic rings. The maximum atomic E-state index is 6.76. The molecule has 5 nitrogen and oxygen atoms in total. The fraction of sp³-hybridized carbons (Fsp3) is 0.189. The van der Waals surface area contributed by atoms with Gasteiger partial charge in [-0.15, -0.1) is 0 Å². The Morgan fingerprint density at radius 3 is 2.48 bits per heavy atom. The second-order valence-electron chi connectivity index (χ2n) is 12.0. The predicted octanol–water partition coefficient (Wildman–Crippen LogP) is 9.26. The standard InChI is InChI=1S/C37H34N4O/c1-37(2,3)28-18-19-38-36(22-28)40-20-10-13-27-21-31(26-11-5-4-6-12-26)35(24-34(27)40)42-30-15-9-14-29(23-30)41-25-39-32-16-7-8-17-33(32)41/h4-9,11-12,14-19,21-25H,10,13,20H2,1-3H3. The van der Waals surface area contributed by atoms with E-state index in [0.717, 1.165) is 70.2 Å². The molecule has 2 aromatic heterocycles. The maximum Gasteiger partial charge on any atom is 0.137 e. The molecule has 0 atom stereocenters. The van der Waals surface area contributed by atoms with Crippen molar-refractivity contribution in [2.75, 3.05) is 11.4 Å². The molecule has 0 spiro atoms. The van der Waals surface area contributed by atoms with Crippen molar-refractivity contribution in [2.24, 2.45) is 0 Å². The molecule has 7 rings (SSSR count). The fourth-order valence-electron chi connectivity index (χ4n) is 5.80. The second kappa shape index (κ2) is 10.5. The van der Waals surface area contributed by atoms with Crippen molar-refractivity contribution in [1.82, 2.24) is 14.5 Å². The van der Waals surface area contributed by atoms with Gasteiger partial charge >= 0.3 is 0 Å². The molecule has 1 aliphatic heterocycles. The number of aryl methyl sites for hydroxylation is 1. The van der Waals surface area contributed by atoms with Crippen LogP contribution in [0, 0.1) is 0 Å². The minimum Gasteiger partial charge on any atom is -0.457 e. The van der Waals surface area contributed by atoms with Crippen LogP contribution in [0.3, 0.4) is 0 Å². The molecule has 42 heavy (non-hydrogen) atoms. The number of para-hydroxylation sites is 2. The molecule has 0 N–H and O–H groups in total. The lowest BCUT2D eigenvalue weighted by molar-refractivity contribution is 0.483. The van der Waals surface area contributed by atoms with Crippen LogP contribution in [0.1, 0.15) is 38.3 Å². The normalized spacial score (nSPS) is 13.3. The van der Waals surface area contributed by atoms with Gasteiger partial charge in [-0.25, -0.2) is 9.97 Å². The fourth-order valence-corrected chi connectivity index (χ4v) is 5.80. The summed E-state index contributed by atoms with van der Waals surface area (Å²) in [5.41, 5.74) is 9.06. The molecule has 0 saturated heterocycles. The number of ether oxygens (including phenoxy) is 1. The number of imidazole rings is 1. The van der Waals surface area contributed by atoms with Crippen LogP contribution >= 0.6 is 0 Å². The average Bonchev–Trinajstić information content (AvgIpc) is 3.45. The van der Waals surface area contributed by atoms with E-state index in [0.29, 0.717) is 0 Å². The first kappa shape index (κ1) is 26.0. The van der Waals surface area contributed by atoms with Crippen LogP contribution in [-0.2, 0) is 11.8 Å². The van der Waals surface area contributed by atoms with Gasteiger partial charge in [-0.1, -0.05) is 69.3 Å². The summed E-state index contributed by atoms with van der Waals surface area (Å²) in [7, 11) is 0. The van der Waals surface area contributed by atoms with Crippen LogP contribution in [0.4, 0.5) is 11.5 Å². The lowest BCUT2D eigenvalue weighted by Crippen LogP contribution is -2.26. The third-order valence-electron chi connectivity index (χ3n) is 8.05. The maximum absolute atomic E-state index is 6.76. The van der Waals surface area contributed by atoms with E-state index in [1.165, 1.54) is 11.1 Å². The molecule has 1 aliphatic rings. The Labute approximate surface area is 247 Å². The Morgan fingerprint density at radius 1 is 0.786 bits per heavy atom. The number of hydrogen-bond acceptors (Lipinski definition) is 4. The van der Waals surface area contributed by atoms with Crippen LogP contribution in [-0.4, -0.2) is 21.1 Å².